The van der Waals surface area contributed by atoms with Crippen molar-refractivity contribution in [1.82, 2.24) is 14.9 Å². The second-order valence-electron chi connectivity index (χ2n) is 10.2. The van der Waals surface area contributed by atoms with Crippen LogP contribution in [0.3, 0.4) is 0 Å². The van der Waals surface area contributed by atoms with E-state index in [1.54, 1.807) is 11.8 Å². The van der Waals surface area contributed by atoms with Gasteiger partial charge in [0.15, 0.2) is 11.5 Å². The zero-order valence-electron chi connectivity index (χ0n) is 22.1. The monoisotopic (exact) mass is 516 g/mol. The number of rotatable bonds is 5. The van der Waals surface area contributed by atoms with Gasteiger partial charge in [-0.05, 0) is 70.2 Å². The smallest absolute Gasteiger partial charge is 0.410 e. The number of hydrogen-bond donors (Lipinski definition) is 1. The average Bonchev–Trinajstić information content (AvgIpc) is 3.56. The van der Waals surface area contributed by atoms with Crippen LogP contribution in [-0.2, 0) is 9.47 Å². The zero-order chi connectivity index (χ0) is 26.9. The predicted molar refractivity (Wildman–Crippen MR) is 145 cm³/mol. The number of nitrogens with one attached hydrogen (secondary N) is 1. The van der Waals surface area contributed by atoms with Gasteiger partial charge in [-0.2, -0.15) is 0 Å². The van der Waals surface area contributed by atoms with Crippen molar-refractivity contribution in [2.75, 3.05) is 37.7 Å². The lowest BCUT2D eigenvalue weighted by Gasteiger charge is -2.36. The van der Waals surface area contributed by atoms with Crippen molar-refractivity contribution in [3.63, 3.8) is 0 Å². The maximum atomic E-state index is 12.8. The molecule has 1 aliphatic heterocycles. The summed E-state index contributed by atoms with van der Waals surface area (Å²) in [5.74, 6) is 0.198. The third-order valence-electron chi connectivity index (χ3n) is 6.35. The molecule has 0 radical (unpaired) electrons. The molecule has 1 aliphatic rings. The molecule has 9 heteroatoms. The quantitative estimate of drug-likeness (QED) is 0.338. The van der Waals surface area contributed by atoms with Crippen molar-refractivity contribution in [2.45, 2.75) is 33.3 Å². The average molecular weight is 517 g/mol. The Bertz CT molecular complexity index is 1440. The molecule has 198 valence electrons. The van der Waals surface area contributed by atoms with Gasteiger partial charge in [0.2, 0.25) is 5.89 Å². The first kappa shape index (κ1) is 25.4. The highest BCUT2D eigenvalue weighted by molar-refractivity contribution is 5.97. The van der Waals surface area contributed by atoms with Crippen molar-refractivity contribution in [1.29, 1.82) is 0 Å². The number of aromatic nitrogens is 2. The van der Waals surface area contributed by atoms with Crippen molar-refractivity contribution in [2.24, 2.45) is 0 Å². The first-order valence-corrected chi connectivity index (χ1v) is 12.8. The molecule has 1 saturated heterocycles. The molecule has 9 nitrogen and oxygen atoms in total. The number of oxazole rings is 1. The van der Waals surface area contributed by atoms with Crippen LogP contribution in [0.1, 0.15) is 38.2 Å². The minimum atomic E-state index is -0.527. The fourth-order valence-electron chi connectivity index (χ4n) is 4.54. The SMILES string of the molecule is CCOC(=O)c1nc(-c2cccc3[nH]ccc23)oc1-c1ccc(N2CCN(C(=O)OC(C)(C)C)CC2)cc1. The molecule has 1 fully saturated rings. The third-order valence-corrected chi connectivity index (χ3v) is 6.35. The largest absolute Gasteiger partial charge is 0.461 e. The number of piperazine rings is 1. The Balaban J connectivity index is 1.37. The standard InChI is InChI=1S/C29H32N4O5/c1-5-36-27(34)24-25(37-26(31-24)22-7-6-8-23-21(22)13-14-30-23)19-9-11-20(12-10-19)32-15-17-33(18-16-32)28(35)38-29(2,3)4/h6-14,30H,5,15-18H2,1-4H3. The molecule has 2 aromatic carbocycles. The molecule has 0 atom stereocenters. The Morgan fingerprint density at radius 1 is 1.03 bits per heavy atom. The Labute approximate surface area is 221 Å². The molecule has 0 unspecified atom stereocenters. The molecule has 1 amide bonds. The highest BCUT2D eigenvalue weighted by Gasteiger charge is 2.27. The maximum absolute atomic E-state index is 12.8. The minimum Gasteiger partial charge on any atom is -0.461 e. The van der Waals surface area contributed by atoms with Gasteiger partial charge in [0, 0.05) is 60.1 Å². The molecule has 0 bridgehead atoms. The van der Waals surface area contributed by atoms with Gasteiger partial charge < -0.3 is 28.7 Å². The third kappa shape index (κ3) is 5.22. The summed E-state index contributed by atoms with van der Waals surface area (Å²) in [5.41, 5.74) is 3.13. The van der Waals surface area contributed by atoms with E-state index in [0.717, 1.165) is 27.7 Å². The molecule has 4 aromatic rings. The summed E-state index contributed by atoms with van der Waals surface area (Å²) in [6.45, 7) is 10.2. The molecule has 0 saturated carbocycles. The van der Waals surface area contributed by atoms with Crippen LogP contribution in [0.5, 0.6) is 0 Å². The van der Waals surface area contributed by atoms with E-state index >= 15 is 0 Å². The highest BCUT2D eigenvalue weighted by atomic mass is 16.6. The molecular weight excluding hydrogens is 484 g/mol. The first-order chi connectivity index (χ1) is 18.2. The lowest BCUT2D eigenvalue weighted by molar-refractivity contribution is 0.0240. The Kier molecular flexibility index (Phi) is 6.84. The number of carbonyl (C=O) groups is 2. The number of aromatic amines is 1. The van der Waals surface area contributed by atoms with E-state index in [1.165, 1.54) is 0 Å². The highest BCUT2D eigenvalue weighted by Crippen LogP contribution is 2.34. The second kappa shape index (κ2) is 10.2. The molecule has 5 rings (SSSR count). The molecule has 1 N–H and O–H groups in total. The van der Waals surface area contributed by atoms with Gasteiger partial charge in [-0.3, -0.25) is 0 Å². The molecule has 3 heterocycles. The van der Waals surface area contributed by atoms with Gasteiger partial charge in [-0.25, -0.2) is 14.6 Å². The van der Waals surface area contributed by atoms with Crippen molar-refractivity contribution in [3.05, 3.63) is 60.4 Å². The van der Waals surface area contributed by atoms with Gasteiger partial charge in [0.05, 0.1) is 6.61 Å². The van der Waals surface area contributed by atoms with E-state index < -0.39 is 11.6 Å². The fourth-order valence-corrected chi connectivity index (χ4v) is 4.54. The molecular formula is C29H32N4O5. The Morgan fingerprint density at radius 2 is 1.76 bits per heavy atom. The Morgan fingerprint density at radius 3 is 2.45 bits per heavy atom. The number of nitrogens with zero attached hydrogens (tertiary/aromatic N) is 3. The van der Waals surface area contributed by atoms with E-state index in [4.69, 9.17) is 13.9 Å². The van der Waals surface area contributed by atoms with Crippen molar-refractivity contribution in [3.8, 4) is 22.8 Å². The number of anilines is 1. The summed E-state index contributed by atoms with van der Waals surface area (Å²) in [7, 11) is 0. The summed E-state index contributed by atoms with van der Waals surface area (Å²) in [5, 5.41) is 0.955. The molecule has 0 spiro atoms. The van der Waals surface area contributed by atoms with E-state index in [-0.39, 0.29) is 18.4 Å². The molecule has 0 aliphatic carbocycles. The lowest BCUT2D eigenvalue weighted by Crippen LogP contribution is -2.50. The first-order valence-electron chi connectivity index (χ1n) is 12.8. The van der Waals surface area contributed by atoms with E-state index in [9.17, 15) is 9.59 Å². The molecule has 38 heavy (non-hydrogen) atoms. The number of H-pyrrole nitrogens is 1. The number of carbonyl (C=O) groups excluding carboxylic acids is 2. The number of fused-ring (bicyclic) bond motifs is 1. The number of esters is 1. The van der Waals surface area contributed by atoms with Crippen LogP contribution in [0.25, 0.3) is 33.7 Å². The van der Waals surface area contributed by atoms with Crippen LogP contribution in [-0.4, -0.2) is 65.3 Å². The number of hydrogen-bond acceptors (Lipinski definition) is 7. The minimum absolute atomic E-state index is 0.146. The van der Waals surface area contributed by atoms with Gasteiger partial charge >= 0.3 is 12.1 Å². The van der Waals surface area contributed by atoms with Gasteiger partial charge in [0.1, 0.15) is 5.60 Å². The van der Waals surface area contributed by atoms with Crippen LogP contribution < -0.4 is 4.90 Å². The number of ether oxygens (including phenoxy) is 2. The second-order valence-corrected chi connectivity index (χ2v) is 10.2. The van der Waals surface area contributed by atoms with Crippen molar-refractivity contribution >= 4 is 28.7 Å². The zero-order valence-corrected chi connectivity index (χ0v) is 22.1. The Hall–Kier alpha value is -4.27. The summed E-state index contributed by atoms with van der Waals surface area (Å²) in [6, 6.07) is 15.6. The summed E-state index contributed by atoms with van der Waals surface area (Å²) >= 11 is 0. The molecule has 2 aromatic heterocycles. The number of amides is 1. The number of benzene rings is 2. The van der Waals surface area contributed by atoms with Gasteiger partial charge in [0.25, 0.3) is 0 Å². The van der Waals surface area contributed by atoms with Crippen molar-refractivity contribution < 1.29 is 23.5 Å². The predicted octanol–water partition coefficient (Wildman–Crippen LogP) is 5.72. The topological polar surface area (TPSA) is 101 Å². The maximum Gasteiger partial charge on any atom is 0.410 e. The van der Waals surface area contributed by atoms with Crippen LogP contribution in [0.15, 0.2) is 59.1 Å². The van der Waals surface area contributed by atoms with E-state index in [2.05, 4.69) is 14.9 Å². The van der Waals surface area contributed by atoms with E-state index in [0.29, 0.717) is 37.8 Å². The summed E-state index contributed by atoms with van der Waals surface area (Å²) in [6.07, 6.45) is 1.58. The van der Waals surface area contributed by atoms with Crippen LogP contribution >= 0.6 is 0 Å². The van der Waals surface area contributed by atoms with Crippen LogP contribution in [0.4, 0.5) is 10.5 Å². The lowest BCUT2D eigenvalue weighted by atomic mass is 10.1. The van der Waals surface area contributed by atoms with Gasteiger partial charge in [-0.1, -0.05) is 6.07 Å². The summed E-state index contributed by atoms with van der Waals surface area (Å²) in [4.78, 5) is 36.9. The summed E-state index contributed by atoms with van der Waals surface area (Å²) < 4.78 is 17.0. The van der Waals surface area contributed by atoms with E-state index in [1.807, 2.05) is 75.5 Å². The van der Waals surface area contributed by atoms with Gasteiger partial charge in [-0.15, -0.1) is 0 Å². The fraction of sp³-hybridized carbons (Fsp3) is 0.345. The van der Waals surface area contributed by atoms with Crippen LogP contribution in [0, 0.1) is 0 Å². The normalized spacial score (nSPS) is 14.1. The van der Waals surface area contributed by atoms with Crippen LogP contribution in [0.2, 0.25) is 0 Å².